The van der Waals surface area contributed by atoms with E-state index in [-0.39, 0.29) is 12.0 Å². The van der Waals surface area contributed by atoms with Gasteiger partial charge in [-0.2, -0.15) is 11.8 Å². The quantitative estimate of drug-likeness (QED) is 0.709. The van der Waals surface area contributed by atoms with Crippen molar-refractivity contribution >= 4 is 17.7 Å². The summed E-state index contributed by atoms with van der Waals surface area (Å²) in [5.41, 5.74) is 0. The van der Waals surface area contributed by atoms with Crippen molar-refractivity contribution in [3.05, 3.63) is 0 Å². The van der Waals surface area contributed by atoms with Gasteiger partial charge in [0.1, 0.15) is 0 Å². The van der Waals surface area contributed by atoms with E-state index in [1.807, 2.05) is 18.7 Å². The summed E-state index contributed by atoms with van der Waals surface area (Å²) in [5.74, 6) is 1.47. The summed E-state index contributed by atoms with van der Waals surface area (Å²) < 4.78 is 0. The zero-order chi connectivity index (χ0) is 10.6. The number of hydrogen-bond donors (Lipinski definition) is 1. The van der Waals surface area contributed by atoms with E-state index in [0.717, 1.165) is 31.0 Å². The van der Waals surface area contributed by atoms with Crippen LogP contribution in [-0.4, -0.2) is 46.6 Å². The zero-order valence-electron chi connectivity index (χ0n) is 8.90. The predicted octanol–water partition coefficient (Wildman–Crippen LogP) is 1.53. The number of carbonyl (C=O) groups is 1. The molecule has 1 heterocycles. The Balaban J connectivity index is 2.32. The van der Waals surface area contributed by atoms with Crippen molar-refractivity contribution in [2.24, 2.45) is 5.92 Å². The number of carboxylic acid groups (broad SMARTS) is 1. The van der Waals surface area contributed by atoms with Crippen molar-refractivity contribution in [1.82, 2.24) is 4.90 Å². The zero-order valence-corrected chi connectivity index (χ0v) is 9.72. The van der Waals surface area contributed by atoms with Gasteiger partial charge in [0.15, 0.2) is 0 Å². The fourth-order valence-corrected chi connectivity index (χ4v) is 2.63. The molecule has 0 amide bonds. The first-order valence-electron chi connectivity index (χ1n) is 5.21. The molecule has 1 aliphatic rings. The highest BCUT2D eigenvalue weighted by molar-refractivity contribution is 7.99. The minimum absolute atomic E-state index is 0.151. The van der Waals surface area contributed by atoms with E-state index in [0.29, 0.717) is 0 Å². The lowest BCUT2D eigenvalue weighted by molar-refractivity contribution is -0.142. The van der Waals surface area contributed by atoms with Crippen molar-refractivity contribution in [3.8, 4) is 0 Å². The maximum absolute atomic E-state index is 10.9. The Morgan fingerprint density at radius 3 is 2.86 bits per heavy atom. The Hall–Kier alpha value is -0.220. The lowest BCUT2D eigenvalue weighted by atomic mass is 10.0. The van der Waals surface area contributed by atoms with Crippen molar-refractivity contribution in [2.45, 2.75) is 26.3 Å². The number of nitrogens with zero attached hydrogens (tertiary/aromatic N) is 1. The topological polar surface area (TPSA) is 40.5 Å². The van der Waals surface area contributed by atoms with Crippen LogP contribution in [0.15, 0.2) is 0 Å². The van der Waals surface area contributed by atoms with Gasteiger partial charge in [-0.15, -0.1) is 0 Å². The van der Waals surface area contributed by atoms with Crippen molar-refractivity contribution in [1.29, 1.82) is 0 Å². The van der Waals surface area contributed by atoms with E-state index >= 15 is 0 Å². The lowest BCUT2D eigenvalue weighted by Crippen LogP contribution is -2.34. The fourth-order valence-electron chi connectivity index (χ4n) is 1.98. The molecule has 1 fully saturated rings. The molecule has 2 atom stereocenters. The molecular formula is C10H19NO2S. The molecule has 1 saturated heterocycles. The summed E-state index contributed by atoms with van der Waals surface area (Å²) in [6.45, 7) is 6.16. The molecule has 2 unspecified atom stereocenters. The lowest BCUT2D eigenvalue weighted by Gasteiger charge is -2.22. The van der Waals surface area contributed by atoms with E-state index in [9.17, 15) is 4.79 Å². The molecular weight excluding hydrogens is 198 g/mol. The molecule has 14 heavy (non-hydrogen) atoms. The van der Waals surface area contributed by atoms with Gasteiger partial charge in [-0.3, -0.25) is 9.69 Å². The van der Waals surface area contributed by atoms with E-state index < -0.39 is 5.97 Å². The Morgan fingerprint density at radius 2 is 2.36 bits per heavy atom. The maximum atomic E-state index is 10.9. The monoisotopic (exact) mass is 217 g/mol. The van der Waals surface area contributed by atoms with Crippen LogP contribution in [0.1, 0.15) is 20.3 Å². The van der Waals surface area contributed by atoms with Crippen LogP contribution < -0.4 is 0 Å². The third-order valence-corrected chi connectivity index (χ3v) is 3.81. The molecule has 0 aromatic carbocycles. The first-order chi connectivity index (χ1) is 6.66. The van der Waals surface area contributed by atoms with Gasteiger partial charge in [-0.1, -0.05) is 6.92 Å². The molecule has 1 aliphatic heterocycles. The summed E-state index contributed by atoms with van der Waals surface area (Å²) in [7, 11) is 0. The van der Waals surface area contributed by atoms with Gasteiger partial charge in [-0.05, 0) is 25.6 Å². The summed E-state index contributed by atoms with van der Waals surface area (Å²) in [6.07, 6.45) is 0.813. The van der Waals surface area contributed by atoms with E-state index in [1.54, 1.807) is 0 Å². The molecule has 3 nitrogen and oxygen atoms in total. The average Bonchev–Trinajstić information content (AvgIpc) is 2.48. The molecule has 0 spiro atoms. The third-order valence-electron chi connectivity index (χ3n) is 2.93. The van der Waals surface area contributed by atoms with Gasteiger partial charge in [0.2, 0.25) is 0 Å². The van der Waals surface area contributed by atoms with Crippen molar-refractivity contribution < 1.29 is 9.90 Å². The van der Waals surface area contributed by atoms with Crippen LogP contribution >= 0.6 is 11.8 Å². The molecule has 4 heteroatoms. The Labute approximate surface area is 89.9 Å². The number of hydrogen-bond acceptors (Lipinski definition) is 3. The number of carboxylic acids is 1. The van der Waals surface area contributed by atoms with Crippen LogP contribution in [0, 0.1) is 5.92 Å². The van der Waals surface area contributed by atoms with Gasteiger partial charge in [-0.25, -0.2) is 0 Å². The molecule has 0 aliphatic carbocycles. The number of thioether (sulfide) groups is 1. The van der Waals surface area contributed by atoms with Crippen molar-refractivity contribution in [2.75, 3.05) is 24.6 Å². The first kappa shape index (κ1) is 11.9. The highest BCUT2D eigenvalue weighted by Gasteiger charge is 2.34. The Morgan fingerprint density at radius 1 is 1.64 bits per heavy atom. The highest BCUT2D eigenvalue weighted by Crippen LogP contribution is 2.24. The first-order valence-corrected chi connectivity index (χ1v) is 6.37. The van der Waals surface area contributed by atoms with E-state index in [1.165, 1.54) is 0 Å². The van der Waals surface area contributed by atoms with Gasteiger partial charge in [0.05, 0.1) is 5.92 Å². The smallest absolute Gasteiger partial charge is 0.308 e. The van der Waals surface area contributed by atoms with Crippen LogP contribution in [0.3, 0.4) is 0 Å². The standard InChI is InChI=1S/C10H19NO2S/c1-3-14-7-6-11-5-4-9(8(11)2)10(12)13/h8-9H,3-7H2,1-2H3,(H,12,13). The molecule has 0 bridgehead atoms. The average molecular weight is 217 g/mol. The number of rotatable bonds is 5. The van der Waals surface area contributed by atoms with Gasteiger partial charge < -0.3 is 5.11 Å². The molecule has 0 saturated carbocycles. The molecule has 82 valence electrons. The van der Waals surface area contributed by atoms with Gasteiger partial charge in [0, 0.05) is 18.3 Å². The van der Waals surface area contributed by atoms with Crippen LogP contribution in [0.5, 0.6) is 0 Å². The summed E-state index contributed by atoms with van der Waals surface area (Å²) >= 11 is 1.92. The maximum Gasteiger partial charge on any atom is 0.308 e. The molecule has 0 aromatic rings. The van der Waals surface area contributed by atoms with Crippen LogP contribution in [0.25, 0.3) is 0 Å². The minimum atomic E-state index is -0.636. The summed E-state index contributed by atoms with van der Waals surface area (Å²) in [4.78, 5) is 13.1. The molecule has 1 rings (SSSR count). The number of likely N-dealkylation sites (tertiary alicyclic amines) is 1. The Bertz CT molecular complexity index is 199. The second kappa shape index (κ2) is 5.61. The van der Waals surface area contributed by atoms with Crippen LogP contribution in [0.4, 0.5) is 0 Å². The fraction of sp³-hybridized carbons (Fsp3) is 0.900. The minimum Gasteiger partial charge on any atom is -0.481 e. The Kier molecular flexibility index (Phi) is 4.75. The van der Waals surface area contributed by atoms with Gasteiger partial charge in [0.25, 0.3) is 0 Å². The SMILES string of the molecule is CCSCCN1CCC(C(=O)O)C1C. The second-order valence-corrected chi connectivity index (χ2v) is 5.10. The second-order valence-electron chi connectivity index (χ2n) is 3.71. The molecule has 1 N–H and O–H groups in total. The normalized spacial score (nSPS) is 28.1. The van der Waals surface area contributed by atoms with E-state index in [4.69, 9.17) is 5.11 Å². The predicted molar refractivity (Wildman–Crippen MR) is 59.8 cm³/mol. The highest BCUT2D eigenvalue weighted by atomic mass is 32.2. The molecule has 0 aromatic heterocycles. The third kappa shape index (κ3) is 2.89. The largest absolute Gasteiger partial charge is 0.481 e. The summed E-state index contributed by atoms with van der Waals surface area (Å²) in [6, 6.07) is 0.213. The number of aliphatic carboxylic acids is 1. The summed E-state index contributed by atoms with van der Waals surface area (Å²) in [5, 5.41) is 8.94. The van der Waals surface area contributed by atoms with Crippen LogP contribution in [-0.2, 0) is 4.79 Å². The van der Waals surface area contributed by atoms with E-state index in [2.05, 4.69) is 11.8 Å². The molecule has 0 radical (unpaired) electrons. The van der Waals surface area contributed by atoms with Gasteiger partial charge >= 0.3 is 5.97 Å². The van der Waals surface area contributed by atoms with Crippen LogP contribution in [0.2, 0.25) is 0 Å². The van der Waals surface area contributed by atoms with Crippen molar-refractivity contribution in [3.63, 3.8) is 0 Å².